The number of aliphatic hydroxyl groups excluding tert-OH is 1. The number of aliphatic hydroxyl groups is 1. The van der Waals surface area contributed by atoms with Crippen molar-refractivity contribution in [3.05, 3.63) is 28.4 Å². The summed E-state index contributed by atoms with van der Waals surface area (Å²) in [6.45, 7) is 3.94. The standard InChI is InChI=1S/C12H18N2O2/c1-8-3-4-10(15)6-11(8)14-7-13-9(2)5-12(14)16/h5,7-8,10-11,15H,3-4,6H2,1-2H3. The first-order chi connectivity index (χ1) is 7.58. The van der Waals surface area contributed by atoms with E-state index in [9.17, 15) is 9.90 Å². The Kier molecular flexibility index (Phi) is 3.10. The lowest BCUT2D eigenvalue weighted by atomic mass is 9.84. The van der Waals surface area contributed by atoms with E-state index in [4.69, 9.17) is 0 Å². The van der Waals surface area contributed by atoms with Crippen LogP contribution >= 0.6 is 0 Å². The molecular formula is C12H18N2O2. The number of rotatable bonds is 1. The van der Waals surface area contributed by atoms with Gasteiger partial charge >= 0.3 is 0 Å². The lowest BCUT2D eigenvalue weighted by Gasteiger charge is -2.32. The van der Waals surface area contributed by atoms with Gasteiger partial charge in [-0.25, -0.2) is 4.98 Å². The SMILES string of the molecule is Cc1cc(=O)n(C2CC(O)CCC2C)cn1. The van der Waals surface area contributed by atoms with Crippen molar-refractivity contribution in [1.82, 2.24) is 9.55 Å². The molecule has 0 aliphatic heterocycles. The van der Waals surface area contributed by atoms with Crippen LogP contribution in [0.15, 0.2) is 17.2 Å². The second-order valence-corrected chi connectivity index (χ2v) is 4.79. The molecule has 3 atom stereocenters. The Morgan fingerprint density at radius 2 is 2.25 bits per heavy atom. The average molecular weight is 222 g/mol. The fourth-order valence-corrected chi connectivity index (χ4v) is 2.41. The summed E-state index contributed by atoms with van der Waals surface area (Å²) in [6, 6.07) is 1.64. The molecule has 1 fully saturated rings. The molecule has 1 saturated carbocycles. The maximum atomic E-state index is 11.8. The van der Waals surface area contributed by atoms with Crippen molar-refractivity contribution in [1.29, 1.82) is 0 Å². The Hall–Kier alpha value is -1.16. The Morgan fingerprint density at radius 1 is 1.50 bits per heavy atom. The van der Waals surface area contributed by atoms with Crippen LogP contribution in [0.2, 0.25) is 0 Å². The molecule has 3 unspecified atom stereocenters. The monoisotopic (exact) mass is 222 g/mol. The van der Waals surface area contributed by atoms with E-state index in [1.54, 1.807) is 17.0 Å². The van der Waals surface area contributed by atoms with Gasteiger partial charge in [-0.1, -0.05) is 6.92 Å². The van der Waals surface area contributed by atoms with Crippen LogP contribution in [0.25, 0.3) is 0 Å². The van der Waals surface area contributed by atoms with E-state index in [2.05, 4.69) is 11.9 Å². The zero-order chi connectivity index (χ0) is 11.7. The second kappa shape index (κ2) is 4.37. The van der Waals surface area contributed by atoms with E-state index >= 15 is 0 Å². The van der Waals surface area contributed by atoms with Gasteiger partial charge in [-0.05, 0) is 32.1 Å². The van der Waals surface area contributed by atoms with E-state index in [1.165, 1.54) is 0 Å². The molecule has 0 saturated heterocycles. The highest BCUT2D eigenvalue weighted by Crippen LogP contribution is 2.32. The molecular weight excluding hydrogens is 204 g/mol. The Morgan fingerprint density at radius 3 is 2.94 bits per heavy atom. The summed E-state index contributed by atoms with van der Waals surface area (Å²) in [5.41, 5.74) is 0.726. The molecule has 1 aromatic rings. The number of hydrogen-bond acceptors (Lipinski definition) is 3. The van der Waals surface area contributed by atoms with Crippen LogP contribution < -0.4 is 5.56 Å². The fourth-order valence-electron chi connectivity index (χ4n) is 2.41. The van der Waals surface area contributed by atoms with Gasteiger partial charge in [0.05, 0.1) is 12.4 Å². The van der Waals surface area contributed by atoms with Crippen molar-refractivity contribution >= 4 is 0 Å². The van der Waals surface area contributed by atoms with E-state index in [0.717, 1.165) is 18.5 Å². The van der Waals surface area contributed by atoms with Gasteiger partial charge in [0.1, 0.15) is 0 Å². The van der Waals surface area contributed by atoms with Crippen LogP contribution in [0.1, 0.15) is 37.9 Å². The number of aromatic nitrogens is 2. The number of nitrogens with zero attached hydrogens (tertiary/aromatic N) is 2. The highest BCUT2D eigenvalue weighted by Gasteiger charge is 2.28. The first kappa shape index (κ1) is 11.3. The summed E-state index contributed by atoms with van der Waals surface area (Å²) in [5.74, 6) is 0.422. The van der Waals surface area contributed by atoms with Gasteiger partial charge < -0.3 is 5.11 Å². The van der Waals surface area contributed by atoms with E-state index in [1.807, 2.05) is 6.92 Å². The molecule has 16 heavy (non-hydrogen) atoms. The molecule has 0 aromatic carbocycles. The predicted molar refractivity (Wildman–Crippen MR) is 61.3 cm³/mol. The lowest BCUT2D eigenvalue weighted by molar-refractivity contribution is 0.0763. The summed E-state index contributed by atoms with van der Waals surface area (Å²) in [5, 5.41) is 9.67. The van der Waals surface area contributed by atoms with Crippen molar-refractivity contribution in [3.63, 3.8) is 0 Å². The normalized spacial score (nSPS) is 30.3. The zero-order valence-corrected chi connectivity index (χ0v) is 9.76. The smallest absolute Gasteiger partial charge is 0.253 e. The van der Waals surface area contributed by atoms with Crippen molar-refractivity contribution in [2.75, 3.05) is 0 Å². The molecule has 1 aliphatic carbocycles. The third kappa shape index (κ3) is 2.16. The quantitative estimate of drug-likeness (QED) is 0.778. The maximum Gasteiger partial charge on any atom is 0.253 e. The Labute approximate surface area is 95.0 Å². The molecule has 1 heterocycles. The summed E-state index contributed by atoms with van der Waals surface area (Å²) < 4.78 is 1.67. The Bertz CT molecular complexity index is 427. The highest BCUT2D eigenvalue weighted by molar-refractivity contribution is 4.98. The average Bonchev–Trinajstić information content (AvgIpc) is 2.22. The number of hydrogen-bond donors (Lipinski definition) is 1. The van der Waals surface area contributed by atoms with Crippen LogP contribution in [0.3, 0.4) is 0 Å². The van der Waals surface area contributed by atoms with Gasteiger partial charge in [-0.15, -0.1) is 0 Å². The van der Waals surface area contributed by atoms with Crippen LogP contribution in [0, 0.1) is 12.8 Å². The molecule has 0 radical (unpaired) electrons. The fraction of sp³-hybridized carbons (Fsp3) is 0.667. The first-order valence-electron chi connectivity index (χ1n) is 5.81. The molecule has 4 heteroatoms. The molecule has 4 nitrogen and oxygen atoms in total. The highest BCUT2D eigenvalue weighted by atomic mass is 16.3. The van der Waals surface area contributed by atoms with E-state index < -0.39 is 0 Å². The zero-order valence-electron chi connectivity index (χ0n) is 9.76. The molecule has 2 rings (SSSR count). The van der Waals surface area contributed by atoms with E-state index in [0.29, 0.717) is 12.3 Å². The molecule has 0 spiro atoms. The van der Waals surface area contributed by atoms with E-state index in [-0.39, 0.29) is 17.7 Å². The minimum atomic E-state index is -0.283. The van der Waals surface area contributed by atoms with Gasteiger partial charge in [0.25, 0.3) is 5.56 Å². The number of aryl methyl sites for hydroxylation is 1. The maximum absolute atomic E-state index is 11.8. The molecule has 0 bridgehead atoms. The molecule has 0 amide bonds. The van der Waals surface area contributed by atoms with Crippen molar-refractivity contribution in [2.45, 2.75) is 45.3 Å². The summed E-state index contributed by atoms with van der Waals surface area (Å²) in [4.78, 5) is 16.0. The Balaban J connectivity index is 2.31. The topological polar surface area (TPSA) is 55.1 Å². The summed E-state index contributed by atoms with van der Waals surface area (Å²) in [7, 11) is 0. The van der Waals surface area contributed by atoms with Crippen molar-refractivity contribution in [3.8, 4) is 0 Å². The van der Waals surface area contributed by atoms with Gasteiger partial charge in [0, 0.05) is 17.8 Å². The van der Waals surface area contributed by atoms with Gasteiger partial charge in [0.15, 0.2) is 0 Å². The van der Waals surface area contributed by atoms with Crippen LogP contribution in [-0.4, -0.2) is 20.8 Å². The first-order valence-corrected chi connectivity index (χ1v) is 5.81. The minimum absolute atomic E-state index is 0.0153. The minimum Gasteiger partial charge on any atom is -0.393 e. The predicted octanol–water partition coefficient (Wildman–Crippen LogP) is 1.27. The third-order valence-electron chi connectivity index (χ3n) is 3.46. The second-order valence-electron chi connectivity index (χ2n) is 4.79. The van der Waals surface area contributed by atoms with Crippen LogP contribution in [0.5, 0.6) is 0 Å². The molecule has 1 aromatic heterocycles. The molecule has 88 valence electrons. The van der Waals surface area contributed by atoms with Crippen molar-refractivity contribution < 1.29 is 5.11 Å². The van der Waals surface area contributed by atoms with Gasteiger partial charge in [0.2, 0.25) is 0 Å². The summed E-state index contributed by atoms with van der Waals surface area (Å²) in [6.07, 6.45) is 3.79. The van der Waals surface area contributed by atoms with Crippen LogP contribution in [0.4, 0.5) is 0 Å². The lowest BCUT2D eigenvalue weighted by Crippen LogP contribution is -2.34. The third-order valence-corrected chi connectivity index (χ3v) is 3.46. The van der Waals surface area contributed by atoms with Crippen LogP contribution in [-0.2, 0) is 0 Å². The molecule has 1 N–H and O–H groups in total. The van der Waals surface area contributed by atoms with Gasteiger partial charge in [-0.3, -0.25) is 9.36 Å². The summed E-state index contributed by atoms with van der Waals surface area (Å²) >= 11 is 0. The van der Waals surface area contributed by atoms with Crippen molar-refractivity contribution in [2.24, 2.45) is 5.92 Å². The molecule has 1 aliphatic rings. The van der Waals surface area contributed by atoms with Gasteiger partial charge in [-0.2, -0.15) is 0 Å². The largest absolute Gasteiger partial charge is 0.393 e.